The van der Waals surface area contributed by atoms with Gasteiger partial charge in [0.25, 0.3) is 0 Å². The molecule has 4 heteroatoms. The van der Waals surface area contributed by atoms with Crippen molar-refractivity contribution in [3.05, 3.63) is 35.9 Å². The SMILES string of the molecule is OC(CNC1CCOC2(CCOCC2)C1)c1ccccc1. The standard InChI is InChI=1S/C17H25NO3/c19-16(14-4-2-1-3-5-14)13-18-15-6-9-21-17(12-15)7-10-20-11-8-17/h1-5,15-16,18-19H,6-13H2. The van der Waals surface area contributed by atoms with Crippen molar-refractivity contribution in [2.24, 2.45) is 0 Å². The van der Waals surface area contributed by atoms with Gasteiger partial charge in [-0.1, -0.05) is 30.3 Å². The molecule has 2 saturated heterocycles. The van der Waals surface area contributed by atoms with Gasteiger partial charge in [-0.3, -0.25) is 0 Å². The molecule has 1 spiro atoms. The molecule has 2 atom stereocenters. The van der Waals surface area contributed by atoms with E-state index >= 15 is 0 Å². The van der Waals surface area contributed by atoms with Crippen molar-refractivity contribution in [3.63, 3.8) is 0 Å². The Hall–Kier alpha value is -0.940. The molecule has 0 saturated carbocycles. The lowest BCUT2D eigenvalue weighted by molar-refractivity contribution is -0.140. The van der Waals surface area contributed by atoms with Gasteiger partial charge in [0.1, 0.15) is 0 Å². The fourth-order valence-corrected chi connectivity index (χ4v) is 3.37. The van der Waals surface area contributed by atoms with Crippen LogP contribution in [0.5, 0.6) is 0 Å². The van der Waals surface area contributed by atoms with Crippen LogP contribution in [-0.2, 0) is 9.47 Å². The van der Waals surface area contributed by atoms with E-state index in [-0.39, 0.29) is 5.60 Å². The van der Waals surface area contributed by atoms with Crippen molar-refractivity contribution in [2.75, 3.05) is 26.4 Å². The van der Waals surface area contributed by atoms with Crippen LogP contribution >= 0.6 is 0 Å². The number of nitrogens with one attached hydrogen (secondary N) is 1. The normalized spacial score (nSPS) is 26.6. The number of hydrogen-bond donors (Lipinski definition) is 2. The van der Waals surface area contributed by atoms with Crippen LogP contribution in [-0.4, -0.2) is 43.1 Å². The monoisotopic (exact) mass is 291 g/mol. The minimum atomic E-state index is -0.445. The third kappa shape index (κ3) is 3.83. The van der Waals surface area contributed by atoms with E-state index in [1.54, 1.807) is 0 Å². The Labute approximate surface area is 126 Å². The molecule has 0 aliphatic carbocycles. The summed E-state index contributed by atoms with van der Waals surface area (Å²) in [6.45, 7) is 3.01. The van der Waals surface area contributed by atoms with E-state index in [2.05, 4.69) is 5.32 Å². The highest BCUT2D eigenvalue weighted by molar-refractivity contribution is 5.17. The lowest BCUT2D eigenvalue weighted by atomic mass is 9.84. The zero-order chi connectivity index (χ0) is 14.5. The Morgan fingerprint density at radius 1 is 1.19 bits per heavy atom. The highest BCUT2D eigenvalue weighted by Crippen LogP contribution is 2.34. The minimum Gasteiger partial charge on any atom is -0.387 e. The lowest BCUT2D eigenvalue weighted by Crippen LogP contribution is -2.50. The van der Waals surface area contributed by atoms with Gasteiger partial charge in [-0.2, -0.15) is 0 Å². The second kappa shape index (κ2) is 6.88. The molecule has 116 valence electrons. The first kappa shape index (κ1) is 15.0. The third-order valence-corrected chi connectivity index (χ3v) is 4.68. The van der Waals surface area contributed by atoms with E-state index < -0.39 is 6.10 Å². The summed E-state index contributed by atoms with van der Waals surface area (Å²) in [6, 6.07) is 10.3. The largest absolute Gasteiger partial charge is 0.387 e. The fourth-order valence-electron chi connectivity index (χ4n) is 3.37. The predicted molar refractivity (Wildman–Crippen MR) is 81.2 cm³/mol. The second-order valence-corrected chi connectivity index (χ2v) is 6.17. The molecule has 0 bridgehead atoms. The summed E-state index contributed by atoms with van der Waals surface area (Å²) >= 11 is 0. The quantitative estimate of drug-likeness (QED) is 0.891. The van der Waals surface area contributed by atoms with Gasteiger partial charge >= 0.3 is 0 Å². The van der Waals surface area contributed by atoms with Crippen molar-refractivity contribution in [2.45, 2.75) is 43.4 Å². The van der Waals surface area contributed by atoms with Gasteiger partial charge < -0.3 is 19.9 Å². The molecule has 2 aliphatic heterocycles. The summed E-state index contributed by atoms with van der Waals surface area (Å²) < 4.78 is 11.5. The molecule has 0 amide bonds. The van der Waals surface area contributed by atoms with E-state index in [9.17, 15) is 5.11 Å². The molecule has 3 rings (SSSR count). The molecule has 2 heterocycles. The summed E-state index contributed by atoms with van der Waals surface area (Å²) in [5.41, 5.74) is 0.976. The Kier molecular flexibility index (Phi) is 4.91. The Bertz CT molecular complexity index is 425. The number of aliphatic hydroxyl groups is 1. The van der Waals surface area contributed by atoms with Crippen molar-refractivity contribution in [1.82, 2.24) is 5.32 Å². The van der Waals surface area contributed by atoms with Crippen LogP contribution in [0.2, 0.25) is 0 Å². The van der Waals surface area contributed by atoms with Crippen LogP contribution in [0.4, 0.5) is 0 Å². The van der Waals surface area contributed by atoms with Gasteiger partial charge in [-0.25, -0.2) is 0 Å². The number of benzene rings is 1. The van der Waals surface area contributed by atoms with Crippen LogP contribution in [0.1, 0.15) is 37.4 Å². The first-order valence-corrected chi connectivity index (χ1v) is 7.96. The van der Waals surface area contributed by atoms with Gasteiger partial charge in [0.2, 0.25) is 0 Å². The second-order valence-electron chi connectivity index (χ2n) is 6.17. The summed E-state index contributed by atoms with van der Waals surface area (Å²) in [5, 5.41) is 13.8. The zero-order valence-electron chi connectivity index (χ0n) is 12.5. The highest BCUT2D eigenvalue weighted by Gasteiger charge is 2.38. The number of aliphatic hydroxyl groups excluding tert-OH is 1. The van der Waals surface area contributed by atoms with Gasteiger partial charge in [0.15, 0.2) is 0 Å². The van der Waals surface area contributed by atoms with Crippen LogP contribution < -0.4 is 5.32 Å². The summed E-state index contributed by atoms with van der Waals surface area (Å²) in [6.07, 6.45) is 3.58. The first-order chi connectivity index (χ1) is 10.3. The van der Waals surface area contributed by atoms with E-state index in [0.29, 0.717) is 12.6 Å². The van der Waals surface area contributed by atoms with Gasteiger partial charge in [-0.15, -0.1) is 0 Å². The van der Waals surface area contributed by atoms with Crippen molar-refractivity contribution in [1.29, 1.82) is 0 Å². The Balaban J connectivity index is 1.51. The molecule has 21 heavy (non-hydrogen) atoms. The van der Waals surface area contributed by atoms with Gasteiger partial charge in [-0.05, 0) is 31.2 Å². The highest BCUT2D eigenvalue weighted by atomic mass is 16.5. The van der Waals surface area contributed by atoms with Crippen LogP contribution in [0.15, 0.2) is 30.3 Å². The van der Waals surface area contributed by atoms with Gasteiger partial charge in [0.05, 0.1) is 11.7 Å². The molecule has 2 aliphatic rings. The van der Waals surface area contributed by atoms with Crippen LogP contribution in [0.3, 0.4) is 0 Å². The van der Waals surface area contributed by atoms with Gasteiger partial charge in [0, 0.05) is 32.4 Å². The zero-order valence-corrected chi connectivity index (χ0v) is 12.5. The summed E-state index contributed by atoms with van der Waals surface area (Å²) in [5.74, 6) is 0. The molecule has 4 nitrogen and oxygen atoms in total. The minimum absolute atomic E-state index is 0.00582. The molecule has 2 N–H and O–H groups in total. The molecular formula is C17H25NO3. The van der Waals surface area contributed by atoms with Crippen molar-refractivity contribution < 1.29 is 14.6 Å². The molecule has 0 radical (unpaired) electrons. The average Bonchev–Trinajstić information content (AvgIpc) is 2.54. The van der Waals surface area contributed by atoms with E-state index in [1.807, 2.05) is 30.3 Å². The van der Waals surface area contributed by atoms with Crippen molar-refractivity contribution >= 4 is 0 Å². The predicted octanol–water partition coefficient (Wildman–Crippen LogP) is 2.04. The van der Waals surface area contributed by atoms with E-state index in [4.69, 9.17) is 9.47 Å². The van der Waals surface area contributed by atoms with E-state index in [1.165, 1.54) is 0 Å². The molecule has 0 aromatic heterocycles. The maximum atomic E-state index is 10.2. The molecule has 2 fully saturated rings. The number of ether oxygens (including phenoxy) is 2. The fraction of sp³-hybridized carbons (Fsp3) is 0.647. The van der Waals surface area contributed by atoms with Crippen molar-refractivity contribution in [3.8, 4) is 0 Å². The maximum absolute atomic E-state index is 10.2. The molecule has 1 aromatic carbocycles. The van der Waals surface area contributed by atoms with E-state index in [0.717, 1.165) is 51.1 Å². The topological polar surface area (TPSA) is 50.7 Å². The maximum Gasteiger partial charge on any atom is 0.0914 e. The smallest absolute Gasteiger partial charge is 0.0914 e. The number of rotatable bonds is 4. The first-order valence-electron chi connectivity index (χ1n) is 7.96. The average molecular weight is 291 g/mol. The Morgan fingerprint density at radius 2 is 1.95 bits per heavy atom. The molecular weight excluding hydrogens is 266 g/mol. The summed E-state index contributed by atoms with van der Waals surface area (Å²) in [4.78, 5) is 0. The molecule has 1 aromatic rings. The third-order valence-electron chi connectivity index (χ3n) is 4.68. The lowest BCUT2D eigenvalue weighted by Gasteiger charge is -2.43. The van der Waals surface area contributed by atoms with Crippen LogP contribution in [0, 0.1) is 0 Å². The molecule has 2 unspecified atom stereocenters. The number of hydrogen-bond acceptors (Lipinski definition) is 4. The Morgan fingerprint density at radius 3 is 2.71 bits per heavy atom. The summed E-state index contributed by atoms with van der Waals surface area (Å²) in [7, 11) is 0. The van der Waals surface area contributed by atoms with Crippen LogP contribution in [0.25, 0.3) is 0 Å².